The molecule has 1 aromatic carbocycles. The summed E-state index contributed by atoms with van der Waals surface area (Å²) in [5.74, 6) is -0.0181. The average molecular weight is 310 g/mol. The molecule has 1 heterocycles. The summed E-state index contributed by atoms with van der Waals surface area (Å²) in [6.07, 6.45) is 0. The van der Waals surface area contributed by atoms with Gasteiger partial charge in [-0.25, -0.2) is 0 Å². The predicted molar refractivity (Wildman–Crippen MR) is 74.3 cm³/mol. The van der Waals surface area contributed by atoms with E-state index < -0.39 is 0 Å². The number of halogens is 1. The summed E-state index contributed by atoms with van der Waals surface area (Å²) in [6.45, 7) is 1.98. The van der Waals surface area contributed by atoms with E-state index in [1.807, 2.05) is 48.7 Å². The summed E-state index contributed by atoms with van der Waals surface area (Å²) < 4.78 is 1.04. The van der Waals surface area contributed by atoms with Gasteiger partial charge in [-0.2, -0.15) is 0 Å². The van der Waals surface area contributed by atoms with Gasteiger partial charge in [0, 0.05) is 4.47 Å². The Hall–Kier alpha value is -1.13. The first-order chi connectivity index (χ1) is 8.16. The number of hydrogen-bond acceptors (Lipinski definition) is 2. The number of amides is 1. The maximum absolute atomic E-state index is 11.8. The zero-order valence-corrected chi connectivity index (χ0v) is 11.7. The number of thiophene rings is 1. The van der Waals surface area contributed by atoms with Gasteiger partial charge in [-0.3, -0.25) is 4.79 Å². The average Bonchev–Trinajstić information content (AvgIpc) is 2.83. The Morgan fingerprint density at radius 1 is 1.29 bits per heavy atom. The van der Waals surface area contributed by atoms with Gasteiger partial charge >= 0.3 is 0 Å². The molecule has 0 bridgehead atoms. The Labute approximate surface area is 113 Å². The van der Waals surface area contributed by atoms with Crippen molar-refractivity contribution in [2.45, 2.75) is 13.0 Å². The normalized spacial score (nSPS) is 12.1. The molecule has 0 aliphatic rings. The Balaban J connectivity index is 2.04. The maximum Gasteiger partial charge on any atom is 0.261 e. The first kappa shape index (κ1) is 12.3. The standard InChI is InChI=1S/C13H12BrNOS/c1-9(10-4-6-11(14)7-5-10)15-13(16)12-3-2-8-17-12/h2-9H,1H3,(H,15,16)/t9-/m0/s1. The molecule has 0 fully saturated rings. The molecule has 0 aliphatic carbocycles. The zero-order valence-electron chi connectivity index (χ0n) is 9.31. The fraction of sp³-hybridized carbons (Fsp3) is 0.154. The lowest BCUT2D eigenvalue weighted by atomic mass is 10.1. The van der Waals surface area contributed by atoms with Gasteiger partial charge in [-0.1, -0.05) is 34.1 Å². The van der Waals surface area contributed by atoms with Crippen molar-refractivity contribution in [3.63, 3.8) is 0 Å². The zero-order chi connectivity index (χ0) is 12.3. The molecule has 1 N–H and O–H groups in total. The molecule has 0 aliphatic heterocycles. The van der Waals surface area contributed by atoms with Crippen molar-refractivity contribution in [1.29, 1.82) is 0 Å². The molecular weight excluding hydrogens is 298 g/mol. The summed E-state index contributed by atoms with van der Waals surface area (Å²) in [6, 6.07) is 11.7. The van der Waals surface area contributed by atoms with Gasteiger partial charge in [0.2, 0.25) is 0 Å². The smallest absolute Gasteiger partial charge is 0.261 e. The SMILES string of the molecule is C[C@H](NC(=O)c1cccs1)c1ccc(Br)cc1. The van der Waals surface area contributed by atoms with E-state index in [4.69, 9.17) is 0 Å². The van der Waals surface area contributed by atoms with E-state index in [9.17, 15) is 4.79 Å². The summed E-state index contributed by atoms with van der Waals surface area (Å²) in [5.41, 5.74) is 1.10. The molecule has 4 heteroatoms. The third-order valence-corrected chi connectivity index (χ3v) is 3.86. The number of hydrogen-bond donors (Lipinski definition) is 1. The predicted octanol–water partition coefficient (Wildman–Crippen LogP) is 4.00. The number of benzene rings is 1. The summed E-state index contributed by atoms with van der Waals surface area (Å²) in [5, 5.41) is 4.88. The number of rotatable bonds is 3. The first-order valence-electron chi connectivity index (χ1n) is 5.26. The lowest BCUT2D eigenvalue weighted by Gasteiger charge is -2.13. The van der Waals surface area contributed by atoms with Crippen molar-refractivity contribution in [1.82, 2.24) is 5.32 Å². The van der Waals surface area contributed by atoms with Crippen molar-refractivity contribution in [2.75, 3.05) is 0 Å². The number of carbonyl (C=O) groups excluding carboxylic acids is 1. The molecule has 2 rings (SSSR count). The van der Waals surface area contributed by atoms with Gasteiger partial charge in [-0.15, -0.1) is 11.3 Å². The van der Waals surface area contributed by atoms with Crippen LogP contribution in [0.4, 0.5) is 0 Å². The van der Waals surface area contributed by atoms with E-state index in [-0.39, 0.29) is 11.9 Å². The Morgan fingerprint density at radius 2 is 2.00 bits per heavy atom. The van der Waals surface area contributed by atoms with E-state index in [1.54, 1.807) is 0 Å². The Bertz CT molecular complexity index is 493. The molecule has 0 unspecified atom stereocenters. The molecule has 88 valence electrons. The molecule has 0 radical (unpaired) electrons. The first-order valence-corrected chi connectivity index (χ1v) is 6.94. The van der Waals surface area contributed by atoms with Crippen LogP contribution in [0.15, 0.2) is 46.3 Å². The van der Waals surface area contributed by atoms with Crippen molar-refractivity contribution in [3.8, 4) is 0 Å². The lowest BCUT2D eigenvalue weighted by Crippen LogP contribution is -2.25. The van der Waals surface area contributed by atoms with E-state index in [2.05, 4.69) is 21.2 Å². The van der Waals surface area contributed by atoms with Crippen LogP contribution >= 0.6 is 27.3 Å². The monoisotopic (exact) mass is 309 g/mol. The Kier molecular flexibility index (Phi) is 3.97. The van der Waals surface area contributed by atoms with Crippen LogP contribution in [0.2, 0.25) is 0 Å². The van der Waals surface area contributed by atoms with Crippen LogP contribution in [0.5, 0.6) is 0 Å². The van der Waals surface area contributed by atoms with Crippen LogP contribution in [-0.4, -0.2) is 5.91 Å². The minimum absolute atomic E-state index is 0.0118. The fourth-order valence-corrected chi connectivity index (χ4v) is 2.40. The molecular formula is C13H12BrNOS. The quantitative estimate of drug-likeness (QED) is 0.912. The largest absolute Gasteiger partial charge is 0.345 e. The highest BCUT2D eigenvalue weighted by Crippen LogP contribution is 2.17. The van der Waals surface area contributed by atoms with Gasteiger partial charge in [0.1, 0.15) is 0 Å². The molecule has 2 aromatic rings. The van der Waals surface area contributed by atoms with Crippen LogP contribution in [-0.2, 0) is 0 Å². The number of carbonyl (C=O) groups is 1. The molecule has 1 atom stereocenters. The molecule has 2 nitrogen and oxygen atoms in total. The minimum atomic E-state index is -0.0181. The van der Waals surface area contributed by atoms with Crippen LogP contribution in [0, 0.1) is 0 Å². The minimum Gasteiger partial charge on any atom is -0.345 e. The third kappa shape index (κ3) is 3.17. The van der Waals surface area contributed by atoms with Gasteiger partial charge in [0.15, 0.2) is 0 Å². The van der Waals surface area contributed by atoms with Crippen molar-refractivity contribution < 1.29 is 4.79 Å². The highest BCUT2D eigenvalue weighted by molar-refractivity contribution is 9.10. The van der Waals surface area contributed by atoms with Crippen molar-refractivity contribution >= 4 is 33.2 Å². The van der Waals surface area contributed by atoms with E-state index in [1.165, 1.54) is 11.3 Å². The molecule has 1 amide bonds. The maximum atomic E-state index is 11.8. The molecule has 0 saturated carbocycles. The second-order valence-corrected chi connectivity index (χ2v) is 5.59. The van der Waals surface area contributed by atoms with Crippen LogP contribution in [0.1, 0.15) is 28.2 Å². The topological polar surface area (TPSA) is 29.1 Å². The lowest BCUT2D eigenvalue weighted by molar-refractivity contribution is 0.0944. The molecule has 0 spiro atoms. The fourth-order valence-electron chi connectivity index (χ4n) is 1.51. The van der Waals surface area contributed by atoms with E-state index in [0.29, 0.717) is 0 Å². The second kappa shape index (κ2) is 5.47. The summed E-state index contributed by atoms with van der Waals surface area (Å²) in [7, 11) is 0. The van der Waals surface area contributed by atoms with Crippen LogP contribution in [0.25, 0.3) is 0 Å². The van der Waals surface area contributed by atoms with Crippen LogP contribution < -0.4 is 5.32 Å². The highest BCUT2D eigenvalue weighted by Gasteiger charge is 2.11. The van der Waals surface area contributed by atoms with Crippen molar-refractivity contribution in [2.24, 2.45) is 0 Å². The van der Waals surface area contributed by atoms with Crippen LogP contribution in [0.3, 0.4) is 0 Å². The highest BCUT2D eigenvalue weighted by atomic mass is 79.9. The molecule has 1 aromatic heterocycles. The van der Waals surface area contributed by atoms with Gasteiger partial charge in [0.25, 0.3) is 5.91 Å². The van der Waals surface area contributed by atoms with Gasteiger partial charge in [-0.05, 0) is 36.1 Å². The third-order valence-electron chi connectivity index (χ3n) is 2.46. The van der Waals surface area contributed by atoms with Crippen molar-refractivity contribution in [3.05, 3.63) is 56.7 Å². The molecule has 0 saturated heterocycles. The summed E-state index contributed by atoms with van der Waals surface area (Å²) in [4.78, 5) is 12.6. The van der Waals surface area contributed by atoms with Gasteiger partial charge in [0.05, 0.1) is 10.9 Å². The Morgan fingerprint density at radius 3 is 2.59 bits per heavy atom. The number of nitrogens with one attached hydrogen (secondary N) is 1. The molecule has 17 heavy (non-hydrogen) atoms. The second-order valence-electron chi connectivity index (χ2n) is 3.72. The van der Waals surface area contributed by atoms with Gasteiger partial charge < -0.3 is 5.32 Å². The van der Waals surface area contributed by atoms with E-state index in [0.717, 1.165) is 14.9 Å². The van der Waals surface area contributed by atoms with E-state index >= 15 is 0 Å². The summed E-state index contributed by atoms with van der Waals surface area (Å²) >= 11 is 4.84.